The number of nitrogens with zero attached hydrogens (tertiary/aromatic N) is 1. The average molecular weight is 343 g/mol. The summed E-state index contributed by atoms with van der Waals surface area (Å²) in [6.07, 6.45) is -0.946. The van der Waals surface area contributed by atoms with Crippen LogP contribution < -0.4 is 0 Å². The molecule has 0 fully saturated rings. The fraction of sp³-hybridized carbons (Fsp3) is 0.350. The van der Waals surface area contributed by atoms with Crippen LogP contribution in [0.5, 0.6) is 0 Å². The molecule has 1 amide bonds. The van der Waals surface area contributed by atoms with E-state index < -0.39 is 12.4 Å². The molecule has 5 heteroatoms. The summed E-state index contributed by atoms with van der Waals surface area (Å²) in [5, 5.41) is 0. The van der Waals surface area contributed by atoms with E-state index in [2.05, 4.69) is 0 Å². The molecule has 2 rings (SSSR count). The van der Waals surface area contributed by atoms with Crippen LogP contribution in [0.4, 0.5) is 4.79 Å². The molecule has 0 atom stereocenters. The van der Waals surface area contributed by atoms with Gasteiger partial charge in [-0.25, -0.2) is 4.79 Å². The van der Waals surface area contributed by atoms with E-state index in [9.17, 15) is 4.79 Å². The van der Waals surface area contributed by atoms with Crippen molar-refractivity contribution in [3.05, 3.63) is 71.8 Å². The maximum atomic E-state index is 12.7. The molecule has 0 unspecified atom stereocenters. The molecule has 0 spiro atoms. The molecule has 0 saturated carbocycles. The fourth-order valence-corrected chi connectivity index (χ4v) is 2.72. The Kier molecular flexibility index (Phi) is 7.44. The van der Waals surface area contributed by atoms with Gasteiger partial charge in [0.15, 0.2) is 6.29 Å². The maximum Gasteiger partial charge on any atom is 0.410 e. The molecular weight excluding hydrogens is 318 g/mol. The maximum absolute atomic E-state index is 12.7. The predicted octanol–water partition coefficient (Wildman–Crippen LogP) is 3.85. The van der Waals surface area contributed by atoms with E-state index in [0.717, 1.165) is 11.1 Å². The molecular formula is C20H25NO4. The first-order valence-corrected chi connectivity index (χ1v) is 8.30. The molecule has 2 aromatic carbocycles. The van der Waals surface area contributed by atoms with Gasteiger partial charge in [-0.3, -0.25) is 4.90 Å². The number of benzene rings is 2. The van der Waals surface area contributed by atoms with E-state index >= 15 is 0 Å². The quantitative estimate of drug-likeness (QED) is 0.683. The summed E-state index contributed by atoms with van der Waals surface area (Å²) < 4.78 is 15.9. The molecule has 0 aliphatic rings. The normalized spacial score (nSPS) is 10.9. The number of hydrogen-bond acceptors (Lipinski definition) is 4. The molecule has 0 aromatic heterocycles. The second-order valence-corrected chi connectivity index (χ2v) is 5.48. The number of methoxy groups -OCH3 is 2. The van der Waals surface area contributed by atoms with Crippen LogP contribution in [0.3, 0.4) is 0 Å². The molecule has 0 saturated heterocycles. The van der Waals surface area contributed by atoms with E-state index in [0.29, 0.717) is 6.61 Å². The van der Waals surface area contributed by atoms with Crippen molar-refractivity contribution >= 4 is 6.09 Å². The van der Waals surface area contributed by atoms with Crippen LogP contribution in [0, 0.1) is 0 Å². The van der Waals surface area contributed by atoms with Gasteiger partial charge < -0.3 is 14.2 Å². The van der Waals surface area contributed by atoms with Gasteiger partial charge in [0.1, 0.15) is 0 Å². The highest BCUT2D eigenvalue weighted by molar-refractivity contribution is 5.69. The SMILES string of the molecule is CCOC(=O)N(CC(OC)OC)C(c1ccccc1)c1ccccc1. The van der Waals surface area contributed by atoms with Gasteiger partial charge in [-0.1, -0.05) is 60.7 Å². The zero-order chi connectivity index (χ0) is 18.1. The third kappa shape index (κ3) is 5.05. The first kappa shape index (κ1) is 19.0. The first-order valence-electron chi connectivity index (χ1n) is 8.30. The minimum Gasteiger partial charge on any atom is -0.450 e. The minimum atomic E-state index is -0.542. The van der Waals surface area contributed by atoms with E-state index in [1.807, 2.05) is 60.7 Å². The summed E-state index contributed by atoms with van der Waals surface area (Å²) in [6, 6.07) is 19.4. The molecule has 134 valence electrons. The summed E-state index contributed by atoms with van der Waals surface area (Å²) >= 11 is 0. The van der Waals surface area contributed by atoms with E-state index in [4.69, 9.17) is 14.2 Å². The summed E-state index contributed by atoms with van der Waals surface area (Å²) in [4.78, 5) is 14.3. The van der Waals surface area contributed by atoms with Crippen molar-refractivity contribution in [1.29, 1.82) is 0 Å². The van der Waals surface area contributed by atoms with Crippen LogP contribution in [0.25, 0.3) is 0 Å². The Morgan fingerprint density at radius 1 is 0.920 bits per heavy atom. The van der Waals surface area contributed by atoms with E-state index in [1.54, 1.807) is 26.0 Å². The lowest BCUT2D eigenvalue weighted by Gasteiger charge is -2.33. The number of amides is 1. The van der Waals surface area contributed by atoms with Gasteiger partial charge in [0, 0.05) is 14.2 Å². The first-order chi connectivity index (χ1) is 12.2. The Labute approximate surface area is 149 Å². The highest BCUT2D eigenvalue weighted by atomic mass is 16.7. The van der Waals surface area contributed by atoms with Crippen LogP contribution in [0.15, 0.2) is 60.7 Å². The van der Waals surface area contributed by atoms with Crippen molar-refractivity contribution in [3.8, 4) is 0 Å². The lowest BCUT2D eigenvalue weighted by atomic mass is 9.97. The molecule has 0 bridgehead atoms. The van der Waals surface area contributed by atoms with Crippen LogP contribution in [0.1, 0.15) is 24.1 Å². The molecule has 0 radical (unpaired) electrons. The van der Waals surface area contributed by atoms with Crippen LogP contribution in [-0.2, 0) is 14.2 Å². The van der Waals surface area contributed by atoms with Gasteiger partial charge in [-0.15, -0.1) is 0 Å². The predicted molar refractivity (Wildman–Crippen MR) is 96.3 cm³/mol. The smallest absolute Gasteiger partial charge is 0.410 e. The molecule has 5 nitrogen and oxygen atoms in total. The third-order valence-corrected chi connectivity index (χ3v) is 3.92. The van der Waals surface area contributed by atoms with Crippen LogP contribution >= 0.6 is 0 Å². The number of rotatable bonds is 8. The highest BCUT2D eigenvalue weighted by Crippen LogP contribution is 2.29. The summed E-state index contributed by atoms with van der Waals surface area (Å²) in [7, 11) is 3.11. The van der Waals surface area contributed by atoms with Crippen molar-refractivity contribution in [1.82, 2.24) is 4.90 Å². The van der Waals surface area contributed by atoms with Crippen molar-refractivity contribution in [3.63, 3.8) is 0 Å². The summed E-state index contributed by atoms with van der Waals surface area (Å²) in [6.45, 7) is 2.34. The Bertz CT molecular complexity index is 589. The molecule has 2 aromatic rings. The number of hydrogen-bond donors (Lipinski definition) is 0. The van der Waals surface area contributed by atoms with Crippen molar-refractivity contribution in [2.75, 3.05) is 27.4 Å². The third-order valence-electron chi connectivity index (χ3n) is 3.92. The molecule has 25 heavy (non-hydrogen) atoms. The van der Waals surface area contributed by atoms with Gasteiger partial charge in [-0.05, 0) is 18.1 Å². The van der Waals surface area contributed by atoms with Crippen LogP contribution in [0.2, 0.25) is 0 Å². The second kappa shape index (κ2) is 9.81. The Hall–Kier alpha value is -2.37. The highest BCUT2D eigenvalue weighted by Gasteiger charge is 2.30. The Morgan fingerprint density at radius 3 is 1.80 bits per heavy atom. The van der Waals surface area contributed by atoms with Gasteiger partial charge in [0.2, 0.25) is 0 Å². The van der Waals surface area contributed by atoms with Gasteiger partial charge in [0.05, 0.1) is 19.2 Å². The van der Waals surface area contributed by atoms with Gasteiger partial charge in [0.25, 0.3) is 0 Å². The second-order valence-electron chi connectivity index (χ2n) is 5.48. The number of carbonyl (C=O) groups excluding carboxylic acids is 1. The largest absolute Gasteiger partial charge is 0.450 e. The number of carbonyl (C=O) groups is 1. The molecule has 0 heterocycles. The van der Waals surface area contributed by atoms with E-state index in [1.165, 1.54) is 0 Å². The molecule has 0 aliphatic heterocycles. The Balaban J connectivity index is 2.46. The summed E-state index contributed by atoms with van der Waals surface area (Å²) in [5.74, 6) is 0. The molecule has 0 N–H and O–H groups in total. The fourth-order valence-electron chi connectivity index (χ4n) is 2.72. The van der Waals surface area contributed by atoms with Gasteiger partial charge in [-0.2, -0.15) is 0 Å². The number of ether oxygens (including phenoxy) is 3. The van der Waals surface area contributed by atoms with E-state index in [-0.39, 0.29) is 12.6 Å². The standard InChI is InChI=1S/C20H25NO4/c1-4-25-20(22)21(15-18(23-2)24-3)19(16-11-7-5-8-12-16)17-13-9-6-10-14-17/h5-14,18-19H,4,15H2,1-3H3. The van der Waals surface area contributed by atoms with Crippen molar-refractivity contribution < 1.29 is 19.0 Å². The minimum absolute atomic E-state index is 0.250. The topological polar surface area (TPSA) is 48.0 Å². The molecule has 0 aliphatic carbocycles. The van der Waals surface area contributed by atoms with Crippen LogP contribution in [-0.4, -0.2) is 44.7 Å². The van der Waals surface area contributed by atoms with Gasteiger partial charge >= 0.3 is 6.09 Å². The zero-order valence-corrected chi connectivity index (χ0v) is 14.9. The zero-order valence-electron chi connectivity index (χ0n) is 14.9. The van der Waals surface area contributed by atoms with Crippen molar-refractivity contribution in [2.45, 2.75) is 19.3 Å². The lowest BCUT2D eigenvalue weighted by Crippen LogP contribution is -2.42. The monoisotopic (exact) mass is 343 g/mol. The average Bonchev–Trinajstić information content (AvgIpc) is 2.66. The Morgan fingerprint density at radius 2 is 1.40 bits per heavy atom. The van der Waals surface area contributed by atoms with Crippen molar-refractivity contribution in [2.24, 2.45) is 0 Å². The lowest BCUT2D eigenvalue weighted by molar-refractivity contribution is -0.116. The summed E-state index contributed by atoms with van der Waals surface area (Å²) in [5.41, 5.74) is 1.99.